The molecule has 1 heterocycles. The van der Waals surface area contributed by atoms with Gasteiger partial charge in [0, 0.05) is 32.6 Å². The van der Waals surface area contributed by atoms with Crippen LogP contribution < -0.4 is 5.73 Å². The van der Waals surface area contributed by atoms with Gasteiger partial charge in [0.05, 0.1) is 6.04 Å². The highest BCUT2D eigenvalue weighted by Crippen LogP contribution is 2.11. The summed E-state index contributed by atoms with van der Waals surface area (Å²) >= 11 is 1.91. The zero-order valence-electron chi connectivity index (χ0n) is 9.28. The van der Waals surface area contributed by atoms with Gasteiger partial charge >= 0.3 is 0 Å². The summed E-state index contributed by atoms with van der Waals surface area (Å²) in [6.07, 6.45) is 1.69. The molecule has 2 N–H and O–H groups in total. The summed E-state index contributed by atoms with van der Waals surface area (Å²) in [5, 5.41) is 0. The number of hydrogen-bond acceptors (Lipinski definition) is 4. The molecule has 1 saturated heterocycles. The molecule has 0 saturated carbocycles. The highest BCUT2D eigenvalue weighted by Gasteiger charge is 2.21. The van der Waals surface area contributed by atoms with Gasteiger partial charge in [-0.25, -0.2) is 0 Å². The molecule has 1 fully saturated rings. The quantitative estimate of drug-likeness (QED) is 0.758. The van der Waals surface area contributed by atoms with E-state index in [9.17, 15) is 4.79 Å². The van der Waals surface area contributed by atoms with Gasteiger partial charge in [0.1, 0.15) is 0 Å². The maximum Gasteiger partial charge on any atom is 0.239 e. The standard InChI is InChI=1S/C10H20N2O2S/c1-14-6-3-9(11)10(13)12-4-2-7-15-8-5-12/h9H,2-8,11H2,1H3. The van der Waals surface area contributed by atoms with Gasteiger partial charge in [-0.15, -0.1) is 0 Å². The van der Waals surface area contributed by atoms with Crippen LogP contribution in [-0.2, 0) is 9.53 Å². The van der Waals surface area contributed by atoms with E-state index in [0.29, 0.717) is 13.0 Å². The Morgan fingerprint density at radius 1 is 1.53 bits per heavy atom. The summed E-state index contributed by atoms with van der Waals surface area (Å²) in [4.78, 5) is 13.8. The Morgan fingerprint density at radius 2 is 2.33 bits per heavy atom. The number of nitrogens with two attached hydrogens (primary N) is 1. The van der Waals surface area contributed by atoms with Crippen LogP contribution in [0.2, 0.25) is 0 Å². The van der Waals surface area contributed by atoms with E-state index in [0.717, 1.165) is 31.0 Å². The predicted molar refractivity (Wildman–Crippen MR) is 63.0 cm³/mol. The number of methoxy groups -OCH3 is 1. The Kier molecular flexibility index (Phi) is 6.05. The van der Waals surface area contributed by atoms with Crippen LogP contribution in [0.25, 0.3) is 0 Å². The molecule has 1 atom stereocenters. The normalized spacial score (nSPS) is 19.7. The molecule has 4 nitrogen and oxygen atoms in total. The van der Waals surface area contributed by atoms with Gasteiger partial charge in [-0.05, 0) is 18.6 Å². The van der Waals surface area contributed by atoms with Crippen molar-refractivity contribution in [2.75, 3.05) is 38.3 Å². The van der Waals surface area contributed by atoms with Gasteiger partial charge in [-0.1, -0.05) is 0 Å². The molecule has 0 radical (unpaired) electrons. The number of hydrogen-bond donors (Lipinski definition) is 1. The van der Waals surface area contributed by atoms with Crippen molar-refractivity contribution in [2.45, 2.75) is 18.9 Å². The Balaban J connectivity index is 2.35. The van der Waals surface area contributed by atoms with Gasteiger partial charge in [0.25, 0.3) is 0 Å². The van der Waals surface area contributed by atoms with Crippen molar-refractivity contribution in [3.05, 3.63) is 0 Å². The fraction of sp³-hybridized carbons (Fsp3) is 0.900. The number of rotatable bonds is 4. The Morgan fingerprint density at radius 3 is 3.07 bits per heavy atom. The number of amides is 1. The summed E-state index contributed by atoms with van der Waals surface area (Å²) in [6.45, 7) is 2.24. The number of thioether (sulfide) groups is 1. The molecule has 0 aliphatic carbocycles. The third-order valence-electron chi connectivity index (χ3n) is 2.48. The molecule has 1 aliphatic rings. The van der Waals surface area contributed by atoms with Gasteiger partial charge in [0.15, 0.2) is 0 Å². The van der Waals surface area contributed by atoms with Crippen molar-refractivity contribution >= 4 is 17.7 Å². The van der Waals surface area contributed by atoms with Gasteiger partial charge in [-0.3, -0.25) is 4.79 Å². The molecule has 88 valence electrons. The molecule has 0 aromatic rings. The summed E-state index contributed by atoms with van der Waals surface area (Å²) < 4.78 is 4.92. The van der Waals surface area contributed by atoms with Crippen molar-refractivity contribution in [2.24, 2.45) is 5.73 Å². The molecule has 1 aliphatic heterocycles. The van der Waals surface area contributed by atoms with Crippen molar-refractivity contribution in [3.63, 3.8) is 0 Å². The molecule has 0 aromatic heterocycles. The number of carbonyl (C=O) groups excluding carboxylic acids is 1. The van der Waals surface area contributed by atoms with Crippen molar-refractivity contribution in [3.8, 4) is 0 Å². The maximum absolute atomic E-state index is 11.9. The first-order valence-corrected chi connectivity index (χ1v) is 6.52. The third kappa shape index (κ3) is 4.40. The van der Waals surface area contributed by atoms with Crippen molar-refractivity contribution in [1.82, 2.24) is 4.90 Å². The summed E-state index contributed by atoms with van der Waals surface area (Å²) in [6, 6.07) is -0.395. The van der Waals surface area contributed by atoms with Crippen LogP contribution in [0.1, 0.15) is 12.8 Å². The zero-order chi connectivity index (χ0) is 11.1. The minimum Gasteiger partial charge on any atom is -0.385 e. The highest BCUT2D eigenvalue weighted by molar-refractivity contribution is 7.99. The zero-order valence-corrected chi connectivity index (χ0v) is 10.1. The van der Waals surface area contributed by atoms with Crippen LogP contribution in [0.3, 0.4) is 0 Å². The molecular weight excluding hydrogens is 212 g/mol. The van der Waals surface area contributed by atoms with Gasteiger partial charge in [-0.2, -0.15) is 11.8 Å². The van der Waals surface area contributed by atoms with E-state index in [1.807, 2.05) is 16.7 Å². The molecule has 1 amide bonds. The van der Waals surface area contributed by atoms with Crippen LogP contribution >= 0.6 is 11.8 Å². The van der Waals surface area contributed by atoms with E-state index in [1.165, 1.54) is 0 Å². The lowest BCUT2D eigenvalue weighted by Gasteiger charge is -2.23. The van der Waals surface area contributed by atoms with E-state index in [4.69, 9.17) is 10.5 Å². The molecule has 5 heteroatoms. The number of nitrogens with zero attached hydrogens (tertiary/aromatic N) is 1. The highest BCUT2D eigenvalue weighted by atomic mass is 32.2. The largest absolute Gasteiger partial charge is 0.385 e. The molecule has 1 unspecified atom stereocenters. The lowest BCUT2D eigenvalue weighted by molar-refractivity contribution is -0.132. The predicted octanol–water partition coefficient (Wildman–Crippen LogP) is 0.316. The lowest BCUT2D eigenvalue weighted by atomic mass is 10.2. The molecular formula is C10H20N2O2S. The van der Waals surface area contributed by atoms with Gasteiger partial charge in [0.2, 0.25) is 5.91 Å². The molecule has 0 spiro atoms. The monoisotopic (exact) mass is 232 g/mol. The minimum absolute atomic E-state index is 0.0783. The smallest absolute Gasteiger partial charge is 0.239 e. The molecule has 15 heavy (non-hydrogen) atoms. The molecule has 1 rings (SSSR count). The number of ether oxygens (including phenoxy) is 1. The fourth-order valence-corrected chi connectivity index (χ4v) is 2.46. The summed E-state index contributed by atoms with van der Waals surface area (Å²) in [7, 11) is 1.62. The SMILES string of the molecule is COCCC(N)C(=O)N1CCCSCC1. The van der Waals surface area contributed by atoms with E-state index in [-0.39, 0.29) is 5.91 Å². The van der Waals surface area contributed by atoms with E-state index in [1.54, 1.807) is 7.11 Å². The summed E-state index contributed by atoms with van der Waals surface area (Å²) in [5.41, 5.74) is 5.81. The Labute approximate surface area is 95.5 Å². The second-order valence-corrected chi connectivity index (χ2v) is 4.90. The third-order valence-corrected chi connectivity index (χ3v) is 3.53. The topological polar surface area (TPSA) is 55.6 Å². The van der Waals surface area contributed by atoms with Crippen LogP contribution in [0.4, 0.5) is 0 Å². The van der Waals surface area contributed by atoms with Crippen LogP contribution in [0, 0.1) is 0 Å². The lowest BCUT2D eigenvalue weighted by Crippen LogP contribution is -2.45. The minimum atomic E-state index is -0.395. The summed E-state index contributed by atoms with van der Waals surface area (Å²) in [5.74, 6) is 2.26. The number of carbonyl (C=O) groups is 1. The van der Waals surface area contributed by atoms with E-state index < -0.39 is 6.04 Å². The van der Waals surface area contributed by atoms with E-state index >= 15 is 0 Å². The second kappa shape index (κ2) is 7.09. The van der Waals surface area contributed by atoms with Crippen molar-refractivity contribution < 1.29 is 9.53 Å². The first kappa shape index (κ1) is 12.8. The van der Waals surface area contributed by atoms with Crippen LogP contribution in [0.5, 0.6) is 0 Å². The first-order valence-electron chi connectivity index (χ1n) is 5.36. The first-order chi connectivity index (χ1) is 7.25. The van der Waals surface area contributed by atoms with Crippen LogP contribution in [-0.4, -0.2) is 55.2 Å². The van der Waals surface area contributed by atoms with E-state index in [2.05, 4.69) is 0 Å². The average molecular weight is 232 g/mol. The molecule has 0 bridgehead atoms. The maximum atomic E-state index is 11.9. The fourth-order valence-electron chi connectivity index (χ4n) is 1.57. The Hall–Kier alpha value is -0.260. The molecule has 0 aromatic carbocycles. The van der Waals surface area contributed by atoms with Crippen molar-refractivity contribution in [1.29, 1.82) is 0 Å². The second-order valence-electron chi connectivity index (χ2n) is 3.68. The van der Waals surface area contributed by atoms with Crippen LogP contribution in [0.15, 0.2) is 0 Å². The van der Waals surface area contributed by atoms with Gasteiger partial charge < -0.3 is 15.4 Å². The Bertz CT molecular complexity index is 194. The average Bonchev–Trinajstić information content (AvgIpc) is 2.53.